The van der Waals surface area contributed by atoms with E-state index >= 15 is 0 Å². The van der Waals surface area contributed by atoms with Crippen molar-refractivity contribution in [3.8, 4) is 0 Å². The highest BCUT2D eigenvalue weighted by molar-refractivity contribution is 7.94. The van der Waals surface area contributed by atoms with Crippen molar-refractivity contribution in [2.24, 2.45) is 0 Å². The van der Waals surface area contributed by atoms with Gasteiger partial charge in [-0.25, -0.2) is 8.42 Å². The minimum Gasteiger partial charge on any atom is -0.391 e. The Kier molecular flexibility index (Phi) is 3.93. The summed E-state index contributed by atoms with van der Waals surface area (Å²) in [5, 5.41) is 8.97. The SMILES string of the molecule is Cc1ccc(NS(=O)(=O)c2ccc(CO)s2)cc1C. The van der Waals surface area contributed by atoms with E-state index in [2.05, 4.69) is 4.72 Å². The molecule has 0 unspecified atom stereocenters. The third kappa shape index (κ3) is 3.15. The van der Waals surface area contributed by atoms with Crippen LogP contribution in [-0.2, 0) is 16.6 Å². The number of sulfonamides is 1. The maximum atomic E-state index is 12.1. The molecule has 0 aliphatic carbocycles. The van der Waals surface area contributed by atoms with Crippen molar-refractivity contribution >= 4 is 27.0 Å². The molecule has 1 aromatic carbocycles. The molecule has 0 radical (unpaired) electrons. The normalized spacial score (nSPS) is 11.5. The topological polar surface area (TPSA) is 66.4 Å². The zero-order chi connectivity index (χ0) is 14.0. The summed E-state index contributed by atoms with van der Waals surface area (Å²) < 4.78 is 27.0. The summed E-state index contributed by atoms with van der Waals surface area (Å²) in [5.41, 5.74) is 2.69. The molecule has 0 spiro atoms. The highest BCUT2D eigenvalue weighted by atomic mass is 32.2. The van der Waals surface area contributed by atoms with Gasteiger partial charge in [-0.1, -0.05) is 6.07 Å². The first-order chi connectivity index (χ1) is 8.92. The Morgan fingerprint density at radius 2 is 1.89 bits per heavy atom. The fourth-order valence-electron chi connectivity index (χ4n) is 1.60. The van der Waals surface area contributed by atoms with E-state index in [-0.39, 0.29) is 10.8 Å². The Bertz CT molecular complexity index is 690. The van der Waals surface area contributed by atoms with Gasteiger partial charge in [0.1, 0.15) is 4.21 Å². The predicted molar refractivity (Wildman–Crippen MR) is 77.0 cm³/mol. The van der Waals surface area contributed by atoms with E-state index in [1.54, 1.807) is 18.2 Å². The largest absolute Gasteiger partial charge is 0.391 e. The second-order valence-electron chi connectivity index (χ2n) is 4.28. The molecule has 2 aromatic rings. The molecule has 0 aliphatic rings. The third-order valence-electron chi connectivity index (χ3n) is 2.82. The fourth-order valence-corrected chi connectivity index (χ4v) is 3.86. The number of hydrogen-bond donors (Lipinski definition) is 2. The summed E-state index contributed by atoms with van der Waals surface area (Å²) in [4.78, 5) is 0.625. The molecule has 6 heteroatoms. The van der Waals surface area contributed by atoms with Crippen molar-refractivity contribution in [2.45, 2.75) is 24.7 Å². The number of thiophene rings is 1. The molecule has 19 heavy (non-hydrogen) atoms. The molecule has 0 bridgehead atoms. The van der Waals surface area contributed by atoms with Crippen molar-refractivity contribution in [1.29, 1.82) is 0 Å². The standard InChI is InChI=1S/C13H15NO3S2/c1-9-3-4-11(7-10(9)2)14-19(16,17)13-6-5-12(8-15)18-13/h3-7,14-15H,8H2,1-2H3. The number of aryl methyl sites for hydroxylation is 2. The highest BCUT2D eigenvalue weighted by Crippen LogP contribution is 2.24. The fraction of sp³-hybridized carbons (Fsp3) is 0.231. The zero-order valence-electron chi connectivity index (χ0n) is 10.7. The van der Waals surface area contributed by atoms with Crippen molar-refractivity contribution in [1.82, 2.24) is 0 Å². The molecule has 2 N–H and O–H groups in total. The van der Waals surface area contributed by atoms with Gasteiger partial charge in [-0.15, -0.1) is 11.3 Å². The molecule has 0 aliphatic heterocycles. The number of nitrogens with one attached hydrogen (secondary N) is 1. The van der Waals surface area contributed by atoms with Crippen molar-refractivity contribution in [3.05, 3.63) is 46.3 Å². The van der Waals surface area contributed by atoms with Crippen LogP contribution in [0.1, 0.15) is 16.0 Å². The summed E-state index contributed by atoms with van der Waals surface area (Å²) in [6, 6.07) is 8.52. The van der Waals surface area contributed by atoms with Crippen LogP contribution < -0.4 is 4.72 Å². The lowest BCUT2D eigenvalue weighted by Crippen LogP contribution is -2.11. The Balaban J connectivity index is 2.28. The molecule has 0 amide bonds. The van der Waals surface area contributed by atoms with Crippen LogP contribution in [0.25, 0.3) is 0 Å². The number of rotatable bonds is 4. The van der Waals surface area contributed by atoms with Crippen molar-refractivity contribution in [3.63, 3.8) is 0 Å². The van der Waals surface area contributed by atoms with Gasteiger partial charge in [-0.2, -0.15) is 0 Å². The van der Waals surface area contributed by atoms with E-state index in [0.717, 1.165) is 22.5 Å². The minimum absolute atomic E-state index is 0.149. The van der Waals surface area contributed by atoms with E-state index in [1.807, 2.05) is 19.9 Å². The molecule has 0 fully saturated rings. The highest BCUT2D eigenvalue weighted by Gasteiger charge is 2.17. The molecular weight excluding hydrogens is 282 g/mol. The molecule has 1 heterocycles. The van der Waals surface area contributed by atoms with Crippen LogP contribution in [0.15, 0.2) is 34.5 Å². The van der Waals surface area contributed by atoms with Crippen molar-refractivity contribution < 1.29 is 13.5 Å². The number of benzene rings is 1. The van der Waals surface area contributed by atoms with Gasteiger partial charge >= 0.3 is 0 Å². The first-order valence-corrected chi connectivity index (χ1v) is 8.02. The molecule has 4 nitrogen and oxygen atoms in total. The Morgan fingerprint density at radius 3 is 2.47 bits per heavy atom. The van der Waals surface area contributed by atoms with E-state index in [0.29, 0.717) is 10.6 Å². The molecular formula is C13H15NO3S2. The molecule has 0 saturated carbocycles. The van der Waals surface area contributed by atoms with Crippen LogP contribution >= 0.6 is 11.3 Å². The Morgan fingerprint density at radius 1 is 1.16 bits per heavy atom. The van der Waals surface area contributed by atoms with E-state index in [1.165, 1.54) is 6.07 Å². The van der Waals surface area contributed by atoms with Gasteiger partial charge in [0.15, 0.2) is 0 Å². The average molecular weight is 297 g/mol. The predicted octanol–water partition coefficient (Wildman–Crippen LogP) is 2.66. The zero-order valence-corrected chi connectivity index (χ0v) is 12.3. The Hall–Kier alpha value is -1.37. The molecule has 102 valence electrons. The first-order valence-electron chi connectivity index (χ1n) is 5.72. The first kappa shape index (κ1) is 14.0. The average Bonchev–Trinajstić information content (AvgIpc) is 2.83. The van der Waals surface area contributed by atoms with Gasteiger partial charge < -0.3 is 5.11 Å². The van der Waals surface area contributed by atoms with Gasteiger partial charge in [0, 0.05) is 10.6 Å². The summed E-state index contributed by atoms with van der Waals surface area (Å²) in [6.07, 6.45) is 0. The van der Waals surface area contributed by atoms with Gasteiger partial charge in [0.25, 0.3) is 10.0 Å². The van der Waals surface area contributed by atoms with Crippen LogP contribution in [0.5, 0.6) is 0 Å². The van der Waals surface area contributed by atoms with Crippen LogP contribution in [0.3, 0.4) is 0 Å². The lowest BCUT2D eigenvalue weighted by atomic mass is 10.1. The maximum absolute atomic E-state index is 12.1. The van der Waals surface area contributed by atoms with E-state index in [9.17, 15) is 8.42 Å². The number of aliphatic hydroxyl groups is 1. The van der Waals surface area contributed by atoms with E-state index < -0.39 is 10.0 Å². The van der Waals surface area contributed by atoms with E-state index in [4.69, 9.17) is 5.11 Å². The van der Waals surface area contributed by atoms with Crippen LogP contribution in [-0.4, -0.2) is 13.5 Å². The molecule has 2 rings (SSSR count). The minimum atomic E-state index is -3.57. The second-order valence-corrected chi connectivity index (χ2v) is 7.36. The van der Waals surface area contributed by atoms with Crippen molar-refractivity contribution in [2.75, 3.05) is 4.72 Å². The summed E-state index contributed by atoms with van der Waals surface area (Å²) in [6.45, 7) is 3.76. The smallest absolute Gasteiger partial charge is 0.271 e. The molecule has 0 atom stereocenters. The van der Waals surface area contributed by atoms with Crippen LogP contribution in [0.4, 0.5) is 5.69 Å². The van der Waals surface area contributed by atoms with Gasteiger partial charge in [-0.3, -0.25) is 4.72 Å². The Labute approximate surface area is 116 Å². The van der Waals surface area contributed by atoms with Gasteiger partial charge in [0.2, 0.25) is 0 Å². The third-order valence-corrected chi connectivity index (χ3v) is 5.76. The maximum Gasteiger partial charge on any atom is 0.271 e. The van der Waals surface area contributed by atoms with Crippen LogP contribution in [0.2, 0.25) is 0 Å². The summed E-state index contributed by atoms with van der Waals surface area (Å²) in [5.74, 6) is 0. The number of hydrogen-bond acceptors (Lipinski definition) is 4. The van der Waals surface area contributed by atoms with Crippen LogP contribution in [0, 0.1) is 13.8 Å². The lowest BCUT2D eigenvalue weighted by Gasteiger charge is -2.08. The second kappa shape index (κ2) is 5.32. The number of anilines is 1. The quantitative estimate of drug-likeness (QED) is 0.911. The monoisotopic (exact) mass is 297 g/mol. The van der Waals surface area contributed by atoms with Gasteiger partial charge in [-0.05, 0) is 49.2 Å². The summed E-state index contributed by atoms with van der Waals surface area (Å²) >= 11 is 1.07. The summed E-state index contributed by atoms with van der Waals surface area (Å²) in [7, 11) is -3.57. The number of aliphatic hydroxyl groups excluding tert-OH is 1. The molecule has 0 saturated heterocycles. The van der Waals surface area contributed by atoms with Gasteiger partial charge in [0.05, 0.1) is 6.61 Å². The lowest BCUT2D eigenvalue weighted by molar-refractivity contribution is 0.285. The molecule has 1 aromatic heterocycles.